The van der Waals surface area contributed by atoms with Gasteiger partial charge in [0.15, 0.2) is 5.96 Å². The van der Waals surface area contributed by atoms with E-state index in [9.17, 15) is 0 Å². The third kappa shape index (κ3) is 5.40. The topological polar surface area (TPSA) is 71.5 Å². The van der Waals surface area contributed by atoms with Gasteiger partial charge in [-0.2, -0.15) is 0 Å². The lowest BCUT2D eigenvalue weighted by molar-refractivity contribution is 0.397. The predicted octanol–water partition coefficient (Wildman–Crippen LogP) is 2.17. The normalized spacial score (nSPS) is 12.0. The molecule has 0 aliphatic carbocycles. The van der Waals surface area contributed by atoms with Gasteiger partial charge in [0.1, 0.15) is 17.9 Å². The van der Waals surface area contributed by atoms with E-state index in [0.717, 1.165) is 43.6 Å². The van der Waals surface area contributed by atoms with Crippen molar-refractivity contribution in [2.45, 2.75) is 40.3 Å². The van der Waals surface area contributed by atoms with Crippen LogP contribution < -0.4 is 5.32 Å². The zero-order chi connectivity index (χ0) is 17.4. The van der Waals surface area contributed by atoms with Gasteiger partial charge >= 0.3 is 0 Å². The van der Waals surface area contributed by atoms with Gasteiger partial charge in [0.2, 0.25) is 0 Å². The summed E-state index contributed by atoms with van der Waals surface area (Å²) in [5.41, 5.74) is 0. The summed E-state index contributed by atoms with van der Waals surface area (Å²) < 4.78 is 7.50. The summed E-state index contributed by atoms with van der Waals surface area (Å²) in [6, 6.07) is 3.88. The molecule has 0 fully saturated rings. The SMILES string of the molecule is CCc1nncn1CCNC(=NCC(C)C)N(C)Cc1ccco1. The third-order valence-corrected chi connectivity index (χ3v) is 3.59. The second kappa shape index (κ2) is 9.10. The highest BCUT2D eigenvalue weighted by atomic mass is 16.3. The van der Waals surface area contributed by atoms with E-state index in [2.05, 4.69) is 45.8 Å². The van der Waals surface area contributed by atoms with Gasteiger partial charge in [-0.05, 0) is 18.1 Å². The molecule has 1 N–H and O–H groups in total. The molecule has 0 radical (unpaired) electrons. The zero-order valence-corrected chi connectivity index (χ0v) is 15.1. The Hall–Kier alpha value is -2.31. The van der Waals surface area contributed by atoms with Gasteiger partial charge in [-0.3, -0.25) is 4.99 Å². The van der Waals surface area contributed by atoms with Crippen LogP contribution >= 0.6 is 0 Å². The van der Waals surface area contributed by atoms with Crippen molar-refractivity contribution >= 4 is 5.96 Å². The van der Waals surface area contributed by atoms with Crippen molar-refractivity contribution in [2.24, 2.45) is 10.9 Å². The number of nitrogens with one attached hydrogen (secondary N) is 1. The largest absolute Gasteiger partial charge is 0.467 e. The Balaban J connectivity index is 1.94. The summed E-state index contributed by atoms with van der Waals surface area (Å²) in [4.78, 5) is 6.79. The van der Waals surface area contributed by atoms with Crippen molar-refractivity contribution in [2.75, 3.05) is 20.1 Å². The number of nitrogens with zero attached hydrogens (tertiary/aromatic N) is 5. The lowest BCUT2D eigenvalue weighted by Crippen LogP contribution is -2.40. The Morgan fingerprint density at radius 1 is 1.46 bits per heavy atom. The summed E-state index contributed by atoms with van der Waals surface area (Å²) in [6.45, 7) is 9.47. The van der Waals surface area contributed by atoms with E-state index in [1.807, 2.05) is 19.2 Å². The van der Waals surface area contributed by atoms with E-state index in [0.29, 0.717) is 12.5 Å². The Kier molecular flexibility index (Phi) is 6.84. The van der Waals surface area contributed by atoms with Gasteiger partial charge in [-0.1, -0.05) is 20.8 Å². The van der Waals surface area contributed by atoms with Crippen LogP contribution in [0.15, 0.2) is 34.1 Å². The van der Waals surface area contributed by atoms with Crippen molar-refractivity contribution in [3.8, 4) is 0 Å². The summed E-state index contributed by atoms with van der Waals surface area (Å²) in [6.07, 6.45) is 4.35. The maximum absolute atomic E-state index is 5.43. The summed E-state index contributed by atoms with van der Waals surface area (Å²) in [5, 5.41) is 11.5. The molecule has 132 valence electrons. The molecule has 0 amide bonds. The molecule has 2 aromatic heterocycles. The molecule has 0 saturated heterocycles. The van der Waals surface area contributed by atoms with Crippen molar-refractivity contribution in [1.29, 1.82) is 0 Å². The van der Waals surface area contributed by atoms with Gasteiger partial charge < -0.3 is 19.2 Å². The second-order valence-electron chi connectivity index (χ2n) is 6.21. The summed E-state index contributed by atoms with van der Waals surface area (Å²) in [7, 11) is 2.02. The number of hydrogen-bond acceptors (Lipinski definition) is 4. The molecule has 0 unspecified atom stereocenters. The highest BCUT2D eigenvalue weighted by molar-refractivity contribution is 5.79. The van der Waals surface area contributed by atoms with Crippen LogP contribution in [0, 0.1) is 5.92 Å². The third-order valence-electron chi connectivity index (χ3n) is 3.59. The molecule has 0 aliphatic rings. The maximum Gasteiger partial charge on any atom is 0.194 e. The average molecular weight is 332 g/mol. The maximum atomic E-state index is 5.43. The first kappa shape index (κ1) is 18.0. The first-order valence-electron chi connectivity index (χ1n) is 8.48. The van der Waals surface area contributed by atoms with Crippen LogP contribution in [0.4, 0.5) is 0 Å². The fraction of sp³-hybridized carbons (Fsp3) is 0.588. The van der Waals surface area contributed by atoms with Crippen LogP contribution in [0.1, 0.15) is 32.4 Å². The van der Waals surface area contributed by atoms with Crippen LogP contribution in [-0.2, 0) is 19.5 Å². The van der Waals surface area contributed by atoms with Crippen LogP contribution in [0.25, 0.3) is 0 Å². The quantitative estimate of drug-likeness (QED) is 0.592. The average Bonchev–Trinajstić information content (AvgIpc) is 3.21. The molecule has 0 atom stereocenters. The number of aryl methyl sites for hydroxylation is 1. The number of aromatic nitrogens is 3. The van der Waals surface area contributed by atoms with E-state index >= 15 is 0 Å². The van der Waals surface area contributed by atoms with Crippen LogP contribution in [-0.4, -0.2) is 45.8 Å². The number of guanidine groups is 1. The van der Waals surface area contributed by atoms with E-state index in [1.165, 1.54) is 0 Å². The standard InChI is InChI=1S/C17H28N6O/c1-5-16-21-20-13-23(16)9-8-18-17(19-11-14(2)3)22(4)12-15-7-6-10-24-15/h6-7,10,13-14H,5,8-9,11-12H2,1-4H3,(H,18,19). The number of hydrogen-bond donors (Lipinski definition) is 1. The minimum atomic E-state index is 0.517. The van der Waals surface area contributed by atoms with Crippen LogP contribution in [0.5, 0.6) is 0 Å². The number of rotatable bonds is 8. The fourth-order valence-electron chi connectivity index (χ4n) is 2.32. The van der Waals surface area contributed by atoms with E-state index in [1.54, 1.807) is 12.6 Å². The molecular formula is C17H28N6O. The Morgan fingerprint density at radius 2 is 2.29 bits per heavy atom. The van der Waals surface area contributed by atoms with E-state index in [4.69, 9.17) is 9.41 Å². The monoisotopic (exact) mass is 332 g/mol. The highest BCUT2D eigenvalue weighted by Crippen LogP contribution is 2.04. The smallest absolute Gasteiger partial charge is 0.194 e. The molecule has 0 spiro atoms. The van der Waals surface area contributed by atoms with Gasteiger partial charge in [-0.25, -0.2) is 0 Å². The van der Waals surface area contributed by atoms with Crippen molar-refractivity contribution in [3.05, 3.63) is 36.3 Å². The van der Waals surface area contributed by atoms with Gasteiger partial charge in [0.05, 0.1) is 12.8 Å². The molecule has 0 bridgehead atoms. The van der Waals surface area contributed by atoms with Gasteiger partial charge in [-0.15, -0.1) is 10.2 Å². The molecule has 0 saturated carbocycles. The Bertz CT molecular complexity index is 617. The zero-order valence-electron chi connectivity index (χ0n) is 15.1. The molecule has 7 heteroatoms. The molecule has 2 heterocycles. The van der Waals surface area contributed by atoms with Crippen LogP contribution in [0.2, 0.25) is 0 Å². The second-order valence-corrected chi connectivity index (χ2v) is 6.21. The molecule has 0 aromatic carbocycles. The van der Waals surface area contributed by atoms with E-state index < -0.39 is 0 Å². The highest BCUT2D eigenvalue weighted by Gasteiger charge is 2.09. The molecular weight excluding hydrogens is 304 g/mol. The summed E-state index contributed by atoms with van der Waals surface area (Å²) in [5.74, 6) is 3.32. The first-order chi connectivity index (χ1) is 11.6. The van der Waals surface area contributed by atoms with Crippen LogP contribution in [0.3, 0.4) is 0 Å². The first-order valence-corrected chi connectivity index (χ1v) is 8.48. The number of furan rings is 1. The minimum Gasteiger partial charge on any atom is -0.467 e. The molecule has 2 aromatic rings. The number of aliphatic imine (C=N–C) groups is 1. The molecule has 2 rings (SSSR count). The predicted molar refractivity (Wildman–Crippen MR) is 94.7 cm³/mol. The van der Waals surface area contributed by atoms with E-state index in [-0.39, 0.29) is 0 Å². The van der Waals surface area contributed by atoms with Crippen molar-refractivity contribution in [3.63, 3.8) is 0 Å². The summed E-state index contributed by atoms with van der Waals surface area (Å²) >= 11 is 0. The molecule has 24 heavy (non-hydrogen) atoms. The van der Waals surface area contributed by atoms with Gasteiger partial charge in [0.25, 0.3) is 0 Å². The van der Waals surface area contributed by atoms with Crippen molar-refractivity contribution < 1.29 is 4.42 Å². The minimum absolute atomic E-state index is 0.517. The fourth-order valence-corrected chi connectivity index (χ4v) is 2.32. The van der Waals surface area contributed by atoms with Gasteiger partial charge in [0, 0.05) is 33.1 Å². The lowest BCUT2D eigenvalue weighted by atomic mass is 10.2. The lowest BCUT2D eigenvalue weighted by Gasteiger charge is -2.22. The molecule has 7 nitrogen and oxygen atoms in total. The Labute approximate surface area is 143 Å². The van der Waals surface area contributed by atoms with Crippen molar-refractivity contribution in [1.82, 2.24) is 25.0 Å². The Morgan fingerprint density at radius 3 is 2.96 bits per heavy atom. The molecule has 0 aliphatic heterocycles.